The molecule has 1 spiro atoms. The largest absolute Gasteiger partial charge is 0.497 e. The van der Waals surface area contributed by atoms with Gasteiger partial charge in [0.2, 0.25) is 0 Å². The lowest BCUT2D eigenvalue weighted by Crippen LogP contribution is -2.56. The Morgan fingerprint density at radius 2 is 1.64 bits per heavy atom. The van der Waals surface area contributed by atoms with Gasteiger partial charge in [0.25, 0.3) is 5.91 Å². The molecule has 3 aromatic carbocycles. The number of urea groups is 1. The first kappa shape index (κ1) is 27.7. The summed E-state index contributed by atoms with van der Waals surface area (Å²) < 4.78 is 34.5. The van der Waals surface area contributed by atoms with Gasteiger partial charge < -0.3 is 29.5 Å². The number of aryl methyl sites for hydroxylation is 1. The number of nitrogens with zero attached hydrogens (tertiary/aromatic N) is 3. The lowest BCUT2D eigenvalue weighted by molar-refractivity contribution is 0.0362. The molecule has 0 bridgehead atoms. The first-order valence-corrected chi connectivity index (χ1v) is 13.9. The second-order valence-corrected chi connectivity index (χ2v) is 11.0. The monoisotopic (exact) mass is 574 g/mol. The Kier molecular flexibility index (Phi) is 7.10. The molecule has 4 aromatic rings. The van der Waals surface area contributed by atoms with E-state index in [1.165, 1.54) is 48.5 Å². The van der Waals surface area contributed by atoms with E-state index in [1.54, 1.807) is 16.9 Å². The number of halogens is 2. The molecule has 1 fully saturated rings. The fourth-order valence-corrected chi connectivity index (χ4v) is 6.61. The van der Waals surface area contributed by atoms with Gasteiger partial charge in [-0.25, -0.2) is 13.6 Å². The standard InChI is InChI=1S/C32H32F2N4O4/c1-36-26-17-24(42-2)11-12-25(26)28-29(36)27(18-39)38(30(40)20-3-5-21(33)6-4-20)19-32(28)13-15-37(16-14-32)31(41)35-23-9-7-22(34)8-10-23/h3-12,17,27,39H,13-16,18-19H2,1-2H3,(H,35,41)/t27-/m1/s1. The maximum absolute atomic E-state index is 13.9. The van der Waals surface area contributed by atoms with E-state index in [2.05, 4.69) is 5.32 Å². The van der Waals surface area contributed by atoms with Gasteiger partial charge in [-0.3, -0.25) is 4.79 Å². The molecule has 1 aromatic heterocycles. The van der Waals surface area contributed by atoms with E-state index < -0.39 is 17.3 Å². The van der Waals surface area contributed by atoms with Crippen LogP contribution >= 0.6 is 0 Å². The van der Waals surface area contributed by atoms with Gasteiger partial charge >= 0.3 is 6.03 Å². The van der Waals surface area contributed by atoms with Crippen molar-refractivity contribution in [3.63, 3.8) is 0 Å². The zero-order valence-corrected chi connectivity index (χ0v) is 23.4. The summed E-state index contributed by atoms with van der Waals surface area (Å²) in [4.78, 5) is 30.4. The third-order valence-electron chi connectivity index (χ3n) is 8.78. The highest BCUT2D eigenvalue weighted by molar-refractivity contribution is 5.96. The van der Waals surface area contributed by atoms with Gasteiger partial charge in [-0.2, -0.15) is 0 Å². The summed E-state index contributed by atoms with van der Waals surface area (Å²) in [5.74, 6) is -0.411. The molecular weight excluding hydrogens is 542 g/mol. The predicted molar refractivity (Wildman–Crippen MR) is 155 cm³/mol. The lowest BCUT2D eigenvalue weighted by Gasteiger charge is -2.50. The van der Waals surface area contributed by atoms with E-state index in [9.17, 15) is 23.5 Å². The van der Waals surface area contributed by atoms with Crippen LogP contribution < -0.4 is 10.1 Å². The van der Waals surface area contributed by atoms with Gasteiger partial charge in [0.05, 0.1) is 25.3 Å². The number of amides is 3. The van der Waals surface area contributed by atoms with E-state index in [0.717, 1.165) is 22.2 Å². The summed E-state index contributed by atoms with van der Waals surface area (Å²) in [7, 11) is 3.53. The van der Waals surface area contributed by atoms with Gasteiger partial charge in [-0.05, 0) is 79.1 Å². The van der Waals surface area contributed by atoms with Crippen LogP contribution in [0.4, 0.5) is 19.3 Å². The number of nitrogens with one attached hydrogen (secondary N) is 1. The van der Waals surface area contributed by atoms with Crippen molar-refractivity contribution in [2.75, 3.05) is 38.7 Å². The Morgan fingerprint density at radius 1 is 1.00 bits per heavy atom. The van der Waals surface area contributed by atoms with Gasteiger partial charge in [0.15, 0.2) is 0 Å². The van der Waals surface area contributed by atoms with Crippen molar-refractivity contribution in [1.82, 2.24) is 14.4 Å². The Balaban J connectivity index is 1.39. The number of carbonyl (C=O) groups is 2. The minimum atomic E-state index is -0.619. The van der Waals surface area contributed by atoms with Crippen LogP contribution in [-0.4, -0.2) is 64.8 Å². The fourth-order valence-electron chi connectivity index (χ4n) is 6.61. The predicted octanol–water partition coefficient (Wildman–Crippen LogP) is 5.22. The maximum Gasteiger partial charge on any atom is 0.321 e. The summed E-state index contributed by atoms with van der Waals surface area (Å²) in [5.41, 5.74) is 3.17. The molecule has 0 radical (unpaired) electrons. The van der Waals surface area contributed by atoms with Crippen LogP contribution in [0, 0.1) is 11.6 Å². The minimum Gasteiger partial charge on any atom is -0.497 e. The second kappa shape index (κ2) is 10.8. The molecule has 42 heavy (non-hydrogen) atoms. The molecule has 218 valence electrons. The summed E-state index contributed by atoms with van der Waals surface area (Å²) in [6, 6.07) is 16.1. The van der Waals surface area contributed by atoms with Crippen molar-refractivity contribution in [1.29, 1.82) is 0 Å². The van der Waals surface area contributed by atoms with Crippen molar-refractivity contribution in [3.05, 3.63) is 95.2 Å². The molecule has 1 atom stereocenters. The Labute approximate surface area is 242 Å². The number of methoxy groups -OCH3 is 1. The summed E-state index contributed by atoms with van der Waals surface area (Å²) >= 11 is 0. The molecule has 6 rings (SSSR count). The highest BCUT2D eigenvalue weighted by atomic mass is 19.1. The number of rotatable bonds is 4. The van der Waals surface area contributed by atoms with Crippen molar-refractivity contribution >= 4 is 28.5 Å². The Hall–Kier alpha value is -4.44. The molecule has 1 saturated heterocycles. The third-order valence-corrected chi connectivity index (χ3v) is 8.78. The van der Waals surface area contributed by atoms with Crippen molar-refractivity contribution in [2.45, 2.75) is 24.3 Å². The van der Waals surface area contributed by atoms with Crippen LogP contribution in [0.2, 0.25) is 0 Å². The first-order chi connectivity index (χ1) is 20.2. The van der Waals surface area contributed by atoms with Crippen LogP contribution in [0.1, 0.15) is 40.5 Å². The number of benzene rings is 3. The molecule has 2 N–H and O–H groups in total. The number of aliphatic hydroxyl groups is 1. The minimum absolute atomic E-state index is 0.275. The van der Waals surface area contributed by atoms with Crippen molar-refractivity contribution in [3.8, 4) is 5.75 Å². The van der Waals surface area contributed by atoms with Gasteiger partial charge in [0, 0.05) is 60.5 Å². The second-order valence-electron chi connectivity index (χ2n) is 11.0. The van der Waals surface area contributed by atoms with Crippen LogP contribution in [0.3, 0.4) is 0 Å². The zero-order valence-electron chi connectivity index (χ0n) is 23.4. The topological polar surface area (TPSA) is 87.0 Å². The van der Waals surface area contributed by atoms with Gasteiger partial charge in [-0.1, -0.05) is 0 Å². The SMILES string of the molecule is COc1ccc2c3c(n(C)c2c1)[C@@H](CO)N(C(=O)c1ccc(F)cc1)CC31CCN(C(=O)Nc2ccc(F)cc2)CC1. The first-order valence-electron chi connectivity index (χ1n) is 13.9. The number of likely N-dealkylation sites (tertiary alicyclic amines) is 1. The number of hydrogen-bond donors (Lipinski definition) is 2. The molecule has 3 heterocycles. The smallest absolute Gasteiger partial charge is 0.321 e. The molecule has 0 aliphatic carbocycles. The molecule has 0 saturated carbocycles. The van der Waals surface area contributed by atoms with Crippen molar-refractivity contribution < 1.29 is 28.2 Å². The number of aliphatic hydroxyl groups excluding tert-OH is 1. The summed E-state index contributed by atoms with van der Waals surface area (Å²) in [6.45, 7) is 0.909. The normalized spacial score (nSPS) is 17.8. The van der Waals surface area contributed by atoms with Gasteiger partial charge in [-0.15, -0.1) is 0 Å². The Bertz CT molecular complexity index is 1640. The van der Waals surface area contributed by atoms with Crippen LogP contribution in [-0.2, 0) is 12.5 Å². The molecule has 2 aliphatic rings. The summed E-state index contributed by atoms with van der Waals surface area (Å²) in [6.07, 6.45) is 1.15. The zero-order chi connectivity index (χ0) is 29.6. The number of hydrogen-bond acceptors (Lipinski definition) is 4. The lowest BCUT2D eigenvalue weighted by atomic mass is 9.68. The number of anilines is 1. The molecule has 10 heteroatoms. The number of ether oxygens (including phenoxy) is 1. The van der Waals surface area contributed by atoms with E-state index in [-0.39, 0.29) is 24.4 Å². The molecular formula is C32H32F2N4O4. The Morgan fingerprint density at radius 3 is 2.26 bits per heavy atom. The highest BCUT2D eigenvalue weighted by Gasteiger charge is 2.50. The number of aromatic nitrogens is 1. The van der Waals surface area contributed by atoms with Crippen LogP contribution in [0.5, 0.6) is 5.75 Å². The number of piperidine rings is 1. The van der Waals surface area contributed by atoms with Crippen LogP contribution in [0.25, 0.3) is 10.9 Å². The molecule has 0 unspecified atom stereocenters. The summed E-state index contributed by atoms with van der Waals surface area (Å²) in [5, 5.41) is 14.5. The van der Waals surface area contributed by atoms with E-state index in [1.807, 2.05) is 29.8 Å². The quantitative estimate of drug-likeness (QED) is 0.350. The maximum atomic E-state index is 13.9. The molecule has 8 nitrogen and oxygen atoms in total. The van der Waals surface area contributed by atoms with E-state index >= 15 is 0 Å². The number of carbonyl (C=O) groups excluding carboxylic acids is 2. The highest BCUT2D eigenvalue weighted by Crippen LogP contribution is 2.50. The van der Waals surface area contributed by atoms with Gasteiger partial charge in [0.1, 0.15) is 17.4 Å². The third kappa shape index (κ3) is 4.65. The van der Waals surface area contributed by atoms with E-state index in [4.69, 9.17) is 4.74 Å². The average Bonchev–Trinajstić information content (AvgIpc) is 3.31. The average molecular weight is 575 g/mol. The van der Waals surface area contributed by atoms with Crippen molar-refractivity contribution in [2.24, 2.45) is 7.05 Å². The number of fused-ring (bicyclic) bond motifs is 4. The van der Waals surface area contributed by atoms with Crippen LogP contribution in [0.15, 0.2) is 66.7 Å². The molecule has 3 amide bonds. The van der Waals surface area contributed by atoms with E-state index in [0.29, 0.717) is 49.5 Å². The molecule has 2 aliphatic heterocycles. The fraction of sp³-hybridized carbons (Fsp3) is 0.312.